The molecule has 0 saturated carbocycles. The molecule has 4 aromatic rings. The molecular formula is C30H34N8O3. The summed E-state index contributed by atoms with van der Waals surface area (Å²) in [5.41, 5.74) is 3.61. The Kier molecular flexibility index (Phi) is 7.51. The molecule has 0 spiro atoms. The van der Waals surface area contributed by atoms with Crippen molar-refractivity contribution in [2.45, 2.75) is 44.7 Å². The maximum absolute atomic E-state index is 13.7. The second-order valence-electron chi connectivity index (χ2n) is 10.7. The number of aromatic nitrogens is 4. The van der Waals surface area contributed by atoms with Crippen molar-refractivity contribution in [1.82, 2.24) is 29.7 Å². The van der Waals surface area contributed by atoms with Crippen LogP contribution in [-0.4, -0.2) is 63.6 Å². The van der Waals surface area contributed by atoms with E-state index in [0.717, 1.165) is 62.1 Å². The molecular weight excluding hydrogens is 520 g/mol. The minimum atomic E-state index is -0.441. The first-order chi connectivity index (χ1) is 20.0. The second-order valence-corrected chi connectivity index (χ2v) is 10.7. The number of anilines is 3. The van der Waals surface area contributed by atoms with Gasteiger partial charge in [-0.2, -0.15) is 4.98 Å². The maximum atomic E-state index is 13.7. The number of oxazole rings is 1. The highest BCUT2D eigenvalue weighted by molar-refractivity contribution is 5.96. The second kappa shape index (κ2) is 11.5. The number of pyridine rings is 1. The molecule has 1 aromatic carbocycles. The van der Waals surface area contributed by atoms with Crippen molar-refractivity contribution in [1.29, 1.82) is 0 Å². The van der Waals surface area contributed by atoms with Crippen LogP contribution in [-0.2, 0) is 6.54 Å². The Morgan fingerprint density at radius 1 is 1.15 bits per heavy atom. The third kappa shape index (κ3) is 5.71. The fourth-order valence-electron chi connectivity index (χ4n) is 5.41. The van der Waals surface area contributed by atoms with Crippen LogP contribution in [0.3, 0.4) is 0 Å². The van der Waals surface area contributed by atoms with Crippen LogP contribution in [0.25, 0.3) is 16.6 Å². The summed E-state index contributed by atoms with van der Waals surface area (Å²) in [6.07, 6.45) is 10.3. The minimum absolute atomic E-state index is 0.0498. The Morgan fingerprint density at radius 3 is 2.66 bits per heavy atom. The lowest BCUT2D eigenvalue weighted by atomic mass is 10.1. The van der Waals surface area contributed by atoms with Crippen LogP contribution in [0, 0.1) is 0 Å². The summed E-state index contributed by atoms with van der Waals surface area (Å²) in [6, 6.07) is 10.0. The molecule has 1 amide bonds. The van der Waals surface area contributed by atoms with E-state index in [-0.39, 0.29) is 18.0 Å². The van der Waals surface area contributed by atoms with E-state index in [2.05, 4.69) is 32.0 Å². The van der Waals surface area contributed by atoms with Gasteiger partial charge in [0.2, 0.25) is 5.95 Å². The van der Waals surface area contributed by atoms with Crippen LogP contribution in [0.2, 0.25) is 0 Å². The van der Waals surface area contributed by atoms with Gasteiger partial charge < -0.3 is 25.3 Å². The predicted molar refractivity (Wildman–Crippen MR) is 158 cm³/mol. The molecule has 3 N–H and O–H groups in total. The number of nitrogens with one attached hydrogen (secondary N) is 3. The Morgan fingerprint density at radius 2 is 1.93 bits per heavy atom. The molecule has 0 unspecified atom stereocenters. The van der Waals surface area contributed by atoms with Gasteiger partial charge in [0.15, 0.2) is 12.2 Å². The zero-order valence-corrected chi connectivity index (χ0v) is 23.3. The monoisotopic (exact) mass is 554 g/mol. The van der Waals surface area contributed by atoms with E-state index >= 15 is 0 Å². The minimum Gasteiger partial charge on any atom is -0.443 e. The van der Waals surface area contributed by atoms with Crippen LogP contribution in [0.4, 0.5) is 17.3 Å². The van der Waals surface area contributed by atoms with E-state index in [0.29, 0.717) is 34.5 Å². The molecule has 0 radical (unpaired) electrons. The van der Waals surface area contributed by atoms with Gasteiger partial charge in [-0.1, -0.05) is 6.08 Å². The molecule has 0 atom stereocenters. The summed E-state index contributed by atoms with van der Waals surface area (Å²) in [4.78, 5) is 41.6. The summed E-state index contributed by atoms with van der Waals surface area (Å²) in [6.45, 7) is 2.17. The summed E-state index contributed by atoms with van der Waals surface area (Å²) in [5.74, 6) is 0.637. The quantitative estimate of drug-likeness (QED) is 0.296. The van der Waals surface area contributed by atoms with Crippen molar-refractivity contribution in [3.63, 3.8) is 0 Å². The summed E-state index contributed by atoms with van der Waals surface area (Å²) < 4.78 is 7.21. The number of allylic oxidation sites excluding steroid dienone is 2. The van der Waals surface area contributed by atoms with Gasteiger partial charge in [-0.3, -0.25) is 14.2 Å². The van der Waals surface area contributed by atoms with Crippen molar-refractivity contribution in [2.75, 3.05) is 37.8 Å². The van der Waals surface area contributed by atoms with Gasteiger partial charge in [0.1, 0.15) is 16.9 Å². The molecule has 1 fully saturated rings. The number of hydrogen-bond acceptors (Lipinski definition) is 9. The summed E-state index contributed by atoms with van der Waals surface area (Å²) >= 11 is 0. The van der Waals surface area contributed by atoms with Gasteiger partial charge in [-0.05, 0) is 81.1 Å². The number of hydrogen-bond donors (Lipinski definition) is 3. The molecule has 2 aliphatic rings. The highest BCUT2D eigenvalue weighted by Gasteiger charge is 2.22. The smallest absolute Gasteiger partial charge is 0.265 e. The molecule has 11 heteroatoms. The van der Waals surface area contributed by atoms with Crippen molar-refractivity contribution >= 4 is 39.8 Å². The van der Waals surface area contributed by atoms with E-state index in [1.54, 1.807) is 26.4 Å². The van der Waals surface area contributed by atoms with Crippen molar-refractivity contribution < 1.29 is 9.21 Å². The predicted octanol–water partition coefficient (Wildman–Crippen LogP) is 4.00. The third-order valence-corrected chi connectivity index (χ3v) is 7.60. The standard InChI is InChI=1S/C30H34N8O3/c1-37(2)28(39)24-15-20-16-32-30(35-22-9-7-21(8-10-22)34-23-11-13-31-14-12-23)36-27(20)38(29(24)40)17-25-26(41-18-33-25)19-5-3-4-6-19/h5,7-10,15-16,18,23,31,34H,3-4,6,11-14,17H2,1-2H3,(H,32,35,36). The number of rotatable bonds is 8. The Hall–Kier alpha value is -4.51. The fraction of sp³-hybridized carbons (Fsp3) is 0.367. The number of piperidine rings is 1. The van der Waals surface area contributed by atoms with Gasteiger partial charge in [0, 0.05) is 43.1 Å². The summed E-state index contributed by atoms with van der Waals surface area (Å²) in [5, 5.41) is 10.8. The van der Waals surface area contributed by atoms with Crippen molar-refractivity contribution in [3.8, 4) is 0 Å². The average Bonchev–Trinajstić information content (AvgIpc) is 3.68. The number of carbonyl (C=O) groups is 1. The summed E-state index contributed by atoms with van der Waals surface area (Å²) in [7, 11) is 3.24. The Bertz CT molecular complexity index is 1650. The molecule has 1 aliphatic heterocycles. The fourth-order valence-corrected chi connectivity index (χ4v) is 5.41. The topological polar surface area (TPSA) is 130 Å². The molecule has 6 rings (SSSR count). The first kappa shape index (κ1) is 26.7. The van der Waals surface area contributed by atoms with Crippen LogP contribution in [0.15, 0.2) is 58.2 Å². The molecule has 1 aliphatic carbocycles. The molecule has 1 saturated heterocycles. The number of carbonyl (C=O) groups excluding carboxylic acids is 1. The maximum Gasteiger partial charge on any atom is 0.265 e. The van der Waals surface area contributed by atoms with E-state index < -0.39 is 5.56 Å². The highest BCUT2D eigenvalue weighted by atomic mass is 16.3. The van der Waals surface area contributed by atoms with Crippen LogP contribution >= 0.6 is 0 Å². The Balaban J connectivity index is 1.32. The molecule has 11 nitrogen and oxygen atoms in total. The van der Waals surface area contributed by atoms with Crippen molar-refractivity contribution in [3.05, 3.63) is 76.4 Å². The van der Waals surface area contributed by atoms with Gasteiger partial charge in [0.05, 0.1) is 6.54 Å². The number of benzene rings is 1. The van der Waals surface area contributed by atoms with Gasteiger partial charge in [0.25, 0.3) is 11.5 Å². The number of fused-ring (bicyclic) bond motifs is 1. The zero-order chi connectivity index (χ0) is 28.3. The zero-order valence-electron chi connectivity index (χ0n) is 23.3. The number of nitrogens with zero attached hydrogens (tertiary/aromatic N) is 5. The molecule has 3 aromatic heterocycles. The van der Waals surface area contributed by atoms with E-state index in [1.807, 2.05) is 24.3 Å². The normalized spacial score (nSPS) is 15.6. The van der Waals surface area contributed by atoms with E-state index in [1.165, 1.54) is 15.9 Å². The van der Waals surface area contributed by atoms with Crippen LogP contribution in [0.1, 0.15) is 53.9 Å². The average molecular weight is 555 g/mol. The van der Waals surface area contributed by atoms with Gasteiger partial charge in [-0.25, -0.2) is 9.97 Å². The van der Waals surface area contributed by atoms with E-state index in [9.17, 15) is 9.59 Å². The SMILES string of the molecule is CN(C)C(=O)c1cc2cnc(Nc3ccc(NC4CCNCC4)cc3)nc2n(Cc2ncoc2C2=CCCC2)c1=O. The molecule has 0 bridgehead atoms. The van der Waals surface area contributed by atoms with E-state index in [4.69, 9.17) is 9.40 Å². The first-order valence-corrected chi connectivity index (χ1v) is 14.0. The highest BCUT2D eigenvalue weighted by Crippen LogP contribution is 2.30. The lowest BCUT2D eigenvalue weighted by Gasteiger charge is -2.24. The van der Waals surface area contributed by atoms with Crippen molar-refractivity contribution in [2.24, 2.45) is 0 Å². The van der Waals surface area contributed by atoms with Gasteiger partial charge >= 0.3 is 0 Å². The third-order valence-electron chi connectivity index (χ3n) is 7.60. The van der Waals surface area contributed by atoms with Gasteiger partial charge in [-0.15, -0.1) is 0 Å². The lowest BCUT2D eigenvalue weighted by molar-refractivity contribution is 0.0825. The largest absolute Gasteiger partial charge is 0.443 e. The number of amides is 1. The van der Waals surface area contributed by atoms with Crippen LogP contribution < -0.4 is 21.5 Å². The lowest BCUT2D eigenvalue weighted by Crippen LogP contribution is -2.35. The Labute approximate surface area is 237 Å². The van der Waals surface area contributed by atoms with Crippen LogP contribution in [0.5, 0.6) is 0 Å². The molecule has 212 valence electrons. The first-order valence-electron chi connectivity index (χ1n) is 14.0. The molecule has 41 heavy (non-hydrogen) atoms. The molecule has 4 heterocycles.